The summed E-state index contributed by atoms with van der Waals surface area (Å²) in [5.41, 5.74) is 0. The van der Waals surface area contributed by atoms with E-state index >= 15 is 0 Å². The van der Waals surface area contributed by atoms with Crippen molar-refractivity contribution in [2.45, 2.75) is 107 Å². The number of methoxy groups -OCH3 is 1. The Bertz CT molecular complexity index is 578. The molecule has 2 aliphatic heterocycles. The van der Waals surface area contributed by atoms with E-state index in [0.29, 0.717) is 12.8 Å². The third-order valence-electron chi connectivity index (χ3n) is 6.11. The largest absolute Gasteiger partial charge is 0.469 e. The Morgan fingerprint density at radius 3 is 2.18 bits per heavy atom. The molecule has 0 saturated carbocycles. The summed E-state index contributed by atoms with van der Waals surface area (Å²) in [5.74, 6) is -0.210. The Labute approximate surface area is 199 Å². The summed E-state index contributed by atoms with van der Waals surface area (Å²) in [6.45, 7) is -0.695. The number of aliphatic hydroxyl groups excluding tert-OH is 6. The van der Waals surface area contributed by atoms with Crippen LogP contribution in [-0.4, -0.2) is 119 Å². The molecule has 2 fully saturated rings. The predicted molar refractivity (Wildman–Crippen MR) is 115 cm³/mol. The number of aliphatic hydroxyl groups is 6. The molecule has 2 aliphatic rings. The van der Waals surface area contributed by atoms with E-state index in [4.69, 9.17) is 18.9 Å². The molecule has 34 heavy (non-hydrogen) atoms. The van der Waals surface area contributed by atoms with E-state index in [-0.39, 0.29) is 19.0 Å². The summed E-state index contributed by atoms with van der Waals surface area (Å²) in [4.78, 5) is 11.1. The topological polar surface area (TPSA) is 185 Å². The first-order chi connectivity index (χ1) is 16.3. The summed E-state index contributed by atoms with van der Waals surface area (Å²) in [5, 5.41) is 59.8. The predicted octanol–water partition coefficient (Wildman–Crippen LogP) is -1.44. The van der Waals surface area contributed by atoms with Crippen molar-refractivity contribution in [2.75, 3.05) is 26.9 Å². The van der Waals surface area contributed by atoms with Crippen molar-refractivity contribution in [3.05, 3.63) is 0 Å². The second-order valence-electron chi connectivity index (χ2n) is 8.73. The van der Waals surface area contributed by atoms with Crippen molar-refractivity contribution in [1.29, 1.82) is 0 Å². The molecule has 0 amide bonds. The fourth-order valence-corrected chi connectivity index (χ4v) is 4.02. The van der Waals surface area contributed by atoms with E-state index < -0.39 is 68.5 Å². The average molecular weight is 497 g/mol. The van der Waals surface area contributed by atoms with Crippen LogP contribution in [0.1, 0.15) is 51.4 Å². The van der Waals surface area contributed by atoms with Crippen LogP contribution >= 0.6 is 0 Å². The normalized spacial score (nSPS) is 36.4. The Morgan fingerprint density at radius 2 is 1.53 bits per heavy atom. The van der Waals surface area contributed by atoms with Gasteiger partial charge in [0.25, 0.3) is 0 Å². The zero-order chi connectivity index (χ0) is 25.1. The smallest absolute Gasteiger partial charge is 0.305 e. The van der Waals surface area contributed by atoms with E-state index in [1.165, 1.54) is 7.11 Å². The zero-order valence-electron chi connectivity index (χ0n) is 19.6. The molecule has 0 aromatic carbocycles. The molecule has 12 nitrogen and oxygen atoms in total. The van der Waals surface area contributed by atoms with Crippen LogP contribution in [0, 0.1) is 0 Å². The quantitative estimate of drug-likeness (QED) is 0.122. The number of unbranched alkanes of at least 4 members (excludes halogenated alkanes) is 5. The summed E-state index contributed by atoms with van der Waals surface area (Å²) < 4.78 is 27.0. The molecule has 0 aromatic heterocycles. The van der Waals surface area contributed by atoms with Gasteiger partial charge in [-0.2, -0.15) is 0 Å². The van der Waals surface area contributed by atoms with Gasteiger partial charge in [0.1, 0.15) is 30.5 Å². The summed E-state index contributed by atoms with van der Waals surface area (Å²) in [6.07, 6.45) is -5.77. The number of hydrogen-bond acceptors (Lipinski definition) is 12. The van der Waals surface area contributed by atoms with E-state index in [1.807, 2.05) is 0 Å². The van der Waals surface area contributed by atoms with Gasteiger partial charge < -0.3 is 54.3 Å². The van der Waals surface area contributed by atoms with Crippen LogP contribution in [0.15, 0.2) is 0 Å². The van der Waals surface area contributed by atoms with E-state index in [2.05, 4.69) is 4.74 Å². The van der Waals surface area contributed by atoms with Gasteiger partial charge in [0.05, 0.1) is 32.5 Å². The Morgan fingerprint density at radius 1 is 0.853 bits per heavy atom. The first-order valence-corrected chi connectivity index (χ1v) is 11.9. The van der Waals surface area contributed by atoms with Crippen LogP contribution in [0.2, 0.25) is 0 Å². The zero-order valence-corrected chi connectivity index (χ0v) is 19.6. The Balaban J connectivity index is 1.83. The number of carbonyl (C=O) groups is 1. The van der Waals surface area contributed by atoms with Crippen molar-refractivity contribution >= 4 is 5.97 Å². The third-order valence-corrected chi connectivity index (χ3v) is 6.11. The van der Waals surface area contributed by atoms with Crippen LogP contribution in [0.5, 0.6) is 0 Å². The Hall–Kier alpha value is -0.930. The highest BCUT2D eigenvalue weighted by Crippen LogP contribution is 2.29. The first kappa shape index (κ1) is 29.3. The number of carbonyl (C=O) groups excluding carboxylic acids is 1. The minimum Gasteiger partial charge on any atom is -0.469 e. The molecule has 0 radical (unpaired) electrons. The maximum atomic E-state index is 11.1. The average Bonchev–Trinajstić information content (AvgIpc) is 2.84. The summed E-state index contributed by atoms with van der Waals surface area (Å²) in [6, 6.07) is 0. The molecule has 2 heterocycles. The van der Waals surface area contributed by atoms with Crippen molar-refractivity contribution in [3.63, 3.8) is 0 Å². The third kappa shape index (κ3) is 8.63. The van der Waals surface area contributed by atoms with Gasteiger partial charge in [-0.15, -0.1) is 0 Å². The maximum Gasteiger partial charge on any atom is 0.305 e. The highest BCUT2D eigenvalue weighted by Gasteiger charge is 2.49. The number of rotatable bonds is 14. The van der Waals surface area contributed by atoms with Gasteiger partial charge in [-0.25, -0.2) is 0 Å². The highest BCUT2D eigenvalue weighted by atomic mass is 16.8. The molecule has 0 unspecified atom stereocenters. The minimum atomic E-state index is -1.52. The lowest BCUT2D eigenvalue weighted by Gasteiger charge is -2.45. The standard InChI is InChI=1S/C22H40O12/c1-30-16(26)8-6-4-2-3-5-7-9-31-22-20(19(29)18(28)15(12-24)33-22)34-21-17(27)14(25)10-13(11-23)32-21/h13-15,17-25,27-29H,2-12H2,1H3/t13-,14-,15+,17+,18+,19-,20+,21+,22-/m0/s1. The monoisotopic (exact) mass is 496 g/mol. The van der Waals surface area contributed by atoms with Crippen molar-refractivity contribution in [3.8, 4) is 0 Å². The molecule has 2 saturated heterocycles. The van der Waals surface area contributed by atoms with Crippen molar-refractivity contribution in [2.24, 2.45) is 0 Å². The molecule has 12 heteroatoms. The van der Waals surface area contributed by atoms with Gasteiger partial charge >= 0.3 is 5.97 Å². The van der Waals surface area contributed by atoms with Gasteiger partial charge in [-0.1, -0.05) is 25.7 Å². The van der Waals surface area contributed by atoms with Crippen molar-refractivity contribution in [1.82, 2.24) is 0 Å². The lowest BCUT2D eigenvalue weighted by molar-refractivity contribution is -0.358. The molecule has 9 atom stereocenters. The lowest BCUT2D eigenvalue weighted by Crippen LogP contribution is -2.62. The maximum absolute atomic E-state index is 11.1. The molecular formula is C22H40O12. The molecule has 0 aromatic rings. The van der Waals surface area contributed by atoms with Gasteiger partial charge in [0.15, 0.2) is 12.6 Å². The van der Waals surface area contributed by atoms with Gasteiger partial charge in [-0.3, -0.25) is 4.79 Å². The summed E-state index contributed by atoms with van der Waals surface area (Å²) >= 11 is 0. The highest BCUT2D eigenvalue weighted by molar-refractivity contribution is 5.68. The second kappa shape index (κ2) is 15.2. The molecule has 6 N–H and O–H groups in total. The molecule has 0 aliphatic carbocycles. The van der Waals surface area contributed by atoms with E-state index in [0.717, 1.165) is 32.1 Å². The van der Waals surface area contributed by atoms with Gasteiger partial charge in [0.2, 0.25) is 0 Å². The molecular weight excluding hydrogens is 456 g/mol. The van der Waals surface area contributed by atoms with Crippen molar-refractivity contribution < 1.29 is 59.1 Å². The SMILES string of the molecule is COC(=O)CCCCCCCCO[C@H]1O[C@H](CO)[C@@H](O)[C@H](O)[C@H]1O[C@H]1O[C@H](CO)C[C@H](O)[C@H]1O. The van der Waals surface area contributed by atoms with Gasteiger partial charge in [-0.05, 0) is 12.8 Å². The van der Waals surface area contributed by atoms with Crippen LogP contribution < -0.4 is 0 Å². The van der Waals surface area contributed by atoms with E-state index in [1.54, 1.807) is 0 Å². The summed E-state index contributed by atoms with van der Waals surface area (Å²) in [7, 11) is 1.37. The van der Waals surface area contributed by atoms with Crippen LogP contribution in [0.25, 0.3) is 0 Å². The fraction of sp³-hybridized carbons (Fsp3) is 0.955. The van der Waals surface area contributed by atoms with Crippen LogP contribution in [0.4, 0.5) is 0 Å². The number of esters is 1. The van der Waals surface area contributed by atoms with Crippen LogP contribution in [0.3, 0.4) is 0 Å². The fourth-order valence-electron chi connectivity index (χ4n) is 4.02. The lowest BCUT2D eigenvalue weighted by atomic mass is 9.98. The minimum absolute atomic E-state index is 0.0130. The first-order valence-electron chi connectivity index (χ1n) is 11.9. The number of ether oxygens (including phenoxy) is 5. The molecule has 0 bridgehead atoms. The molecule has 0 spiro atoms. The number of hydrogen-bond donors (Lipinski definition) is 6. The van der Waals surface area contributed by atoms with E-state index in [9.17, 15) is 35.4 Å². The molecule has 200 valence electrons. The van der Waals surface area contributed by atoms with Crippen LogP contribution in [-0.2, 0) is 28.5 Å². The van der Waals surface area contributed by atoms with Gasteiger partial charge in [0, 0.05) is 19.4 Å². The Kier molecular flexibility index (Phi) is 13.1. The molecule has 2 rings (SSSR count). The second-order valence-corrected chi connectivity index (χ2v) is 8.73.